The molecule has 0 unspecified atom stereocenters. The van der Waals surface area contributed by atoms with Crippen LogP contribution in [0, 0.1) is 0 Å². The van der Waals surface area contributed by atoms with Gasteiger partial charge in [0.1, 0.15) is 17.0 Å². The molecule has 7 heteroatoms. The number of aromatic nitrogens is 3. The van der Waals surface area contributed by atoms with E-state index in [4.69, 9.17) is 5.11 Å². The predicted octanol–water partition coefficient (Wildman–Crippen LogP) is 2.17. The summed E-state index contributed by atoms with van der Waals surface area (Å²) in [5.74, 6) is -1.52. The van der Waals surface area contributed by atoms with E-state index in [-0.39, 0.29) is 5.82 Å². The molecule has 0 saturated carbocycles. The molecule has 0 atom stereocenters. The number of carbonyl (C=O) groups is 1. The second-order valence-corrected chi connectivity index (χ2v) is 3.31. The van der Waals surface area contributed by atoms with Crippen molar-refractivity contribution in [3.8, 4) is 11.5 Å². The number of carboxylic acids is 1. The van der Waals surface area contributed by atoms with Crippen LogP contribution in [0.2, 0.25) is 0 Å². The van der Waals surface area contributed by atoms with Gasteiger partial charge in [0, 0.05) is 12.4 Å². The largest absolute Gasteiger partial charge is 0.478 e. The van der Waals surface area contributed by atoms with Gasteiger partial charge in [-0.2, -0.15) is 0 Å². The zero-order valence-corrected chi connectivity index (χ0v) is 8.92. The molecule has 0 aliphatic heterocycles. The molecule has 2 heterocycles. The maximum atomic E-state index is 12.7. The molecule has 0 bridgehead atoms. The third kappa shape index (κ3) is 2.29. The van der Waals surface area contributed by atoms with Gasteiger partial charge in [-0.3, -0.25) is 4.98 Å². The molecular formula is C11H7F2N3O2. The molecule has 2 aromatic heterocycles. The van der Waals surface area contributed by atoms with Gasteiger partial charge in [0.25, 0.3) is 6.43 Å². The Balaban J connectivity index is 2.54. The standard InChI is InChI=1S/C11H7F2N3O2/c12-9(13)8-6(11(17)18)5-15-10(16-8)7-3-1-2-4-14-7/h1-5,9H,(H,17,18). The average molecular weight is 251 g/mol. The van der Waals surface area contributed by atoms with Crippen LogP contribution in [0.5, 0.6) is 0 Å². The minimum absolute atomic E-state index is 0.0316. The van der Waals surface area contributed by atoms with Gasteiger partial charge in [-0.05, 0) is 12.1 Å². The summed E-state index contributed by atoms with van der Waals surface area (Å²) in [4.78, 5) is 21.9. The number of halogens is 2. The lowest BCUT2D eigenvalue weighted by molar-refractivity contribution is 0.0681. The number of hydrogen-bond acceptors (Lipinski definition) is 4. The van der Waals surface area contributed by atoms with E-state index in [0.717, 1.165) is 6.20 Å². The summed E-state index contributed by atoms with van der Waals surface area (Å²) < 4.78 is 25.4. The van der Waals surface area contributed by atoms with Gasteiger partial charge < -0.3 is 5.11 Å². The molecule has 18 heavy (non-hydrogen) atoms. The smallest absolute Gasteiger partial charge is 0.339 e. The summed E-state index contributed by atoms with van der Waals surface area (Å²) in [6.45, 7) is 0. The Morgan fingerprint density at radius 2 is 2.06 bits per heavy atom. The first-order valence-electron chi connectivity index (χ1n) is 4.89. The van der Waals surface area contributed by atoms with Gasteiger partial charge in [-0.1, -0.05) is 6.07 Å². The van der Waals surface area contributed by atoms with Gasteiger partial charge in [0.15, 0.2) is 5.82 Å². The molecule has 0 aliphatic carbocycles. The predicted molar refractivity (Wildman–Crippen MR) is 57.2 cm³/mol. The Bertz CT molecular complexity index is 576. The van der Waals surface area contributed by atoms with Crippen molar-refractivity contribution in [3.63, 3.8) is 0 Å². The number of rotatable bonds is 3. The molecule has 0 amide bonds. The van der Waals surface area contributed by atoms with E-state index in [1.165, 1.54) is 6.20 Å². The maximum absolute atomic E-state index is 12.7. The van der Waals surface area contributed by atoms with Crippen LogP contribution in [0.25, 0.3) is 11.5 Å². The quantitative estimate of drug-likeness (QED) is 0.904. The highest BCUT2D eigenvalue weighted by Crippen LogP contribution is 2.22. The van der Waals surface area contributed by atoms with Gasteiger partial charge in [-0.15, -0.1) is 0 Å². The molecule has 0 saturated heterocycles. The maximum Gasteiger partial charge on any atom is 0.339 e. The monoisotopic (exact) mass is 251 g/mol. The second-order valence-electron chi connectivity index (χ2n) is 3.31. The first-order chi connectivity index (χ1) is 8.59. The fourth-order valence-electron chi connectivity index (χ4n) is 1.34. The van der Waals surface area contributed by atoms with Crippen molar-refractivity contribution in [3.05, 3.63) is 41.9 Å². The molecule has 1 N–H and O–H groups in total. The third-order valence-electron chi connectivity index (χ3n) is 2.15. The normalized spacial score (nSPS) is 10.6. The number of nitrogens with zero attached hydrogens (tertiary/aromatic N) is 3. The summed E-state index contributed by atoms with van der Waals surface area (Å²) in [5, 5.41) is 8.75. The first-order valence-corrected chi connectivity index (χ1v) is 4.89. The summed E-state index contributed by atoms with van der Waals surface area (Å²) in [6.07, 6.45) is -0.659. The fourth-order valence-corrected chi connectivity index (χ4v) is 1.34. The first kappa shape index (κ1) is 12.0. The molecule has 0 aromatic carbocycles. The van der Waals surface area contributed by atoms with E-state index in [2.05, 4.69) is 15.0 Å². The lowest BCUT2D eigenvalue weighted by Crippen LogP contribution is -2.08. The Morgan fingerprint density at radius 1 is 1.28 bits per heavy atom. The molecular weight excluding hydrogens is 244 g/mol. The SMILES string of the molecule is O=C(O)c1cnc(-c2ccccn2)nc1C(F)F. The van der Waals surface area contributed by atoms with Crippen LogP contribution in [0.1, 0.15) is 22.5 Å². The van der Waals surface area contributed by atoms with Crippen LogP contribution < -0.4 is 0 Å². The highest BCUT2D eigenvalue weighted by Gasteiger charge is 2.21. The average Bonchev–Trinajstić information content (AvgIpc) is 2.39. The Labute approximate surface area is 100 Å². The van der Waals surface area contributed by atoms with Crippen molar-refractivity contribution in [2.45, 2.75) is 6.43 Å². The molecule has 0 spiro atoms. The molecule has 2 aromatic rings. The zero-order chi connectivity index (χ0) is 13.1. The van der Waals surface area contributed by atoms with Crippen molar-refractivity contribution in [1.29, 1.82) is 0 Å². The van der Waals surface area contributed by atoms with Crippen LogP contribution >= 0.6 is 0 Å². The van der Waals surface area contributed by atoms with Crippen LogP contribution in [-0.2, 0) is 0 Å². The molecule has 92 valence electrons. The van der Waals surface area contributed by atoms with E-state index < -0.39 is 23.7 Å². The molecule has 0 radical (unpaired) electrons. The van der Waals surface area contributed by atoms with E-state index in [1.807, 2.05) is 0 Å². The number of hydrogen-bond donors (Lipinski definition) is 1. The zero-order valence-electron chi connectivity index (χ0n) is 8.92. The third-order valence-corrected chi connectivity index (χ3v) is 2.15. The highest BCUT2D eigenvalue weighted by atomic mass is 19.3. The number of carboxylic acid groups (broad SMARTS) is 1. The second kappa shape index (κ2) is 4.82. The van der Waals surface area contributed by atoms with Crippen LogP contribution in [0.4, 0.5) is 8.78 Å². The lowest BCUT2D eigenvalue weighted by atomic mass is 10.2. The Kier molecular flexibility index (Phi) is 3.22. The van der Waals surface area contributed by atoms with E-state index in [0.29, 0.717) is 5.69 Å². The number of pyridine rings is 1. The van der Waals surface area contributed by atoms with Crippen molar-refractivity contribution < 1.29 is 18.7 Å². The van der Waals surface area contributed by atoms with Crippen molar-refractivity contribution in [1.82, 2.24) is 15.0 Å². The van der Waals surface area contributed by atoms with Crippen LogP contribution in [0.15, 0.2) is 30.6 Å². The highest BCUT2D eigenvalue weighted by molar-refractivity contribution is 5.88. The summed E-state index contributed by atoms with van der Waals surface area (Å²) >= 11 is 0. The van der Waals surface area contributed by atoms with Crippen LogP contribution in [-0.4, -0.2) is 26.0 Å². The molecule has 5 nitrogen and oxygen atoms in total. The summed E-state index contributed by atoms with van der Waals surface area (Å²) in [5.41, 5.74) is -1.11. The minimum atomic E-state index is -2.98. The summed E-state index contributed by atoms with van der Waals surface area (Å²) in [7, 11) is 0. The minimum Gasteiger partial charge on any atom is -0.478 e. The van der Waals surface area contributed by atoms with E-state index in [9.17, 15) is 13.6 Å². The van der Waals surface area contributed by atoms with E-state index in [1.54, 1.807) is 18.2 Å². The van der Waals surface area contributed by atoms with Crippen molar-refractivity contribution >= 4 is 5.97 Å². The van der Waals surface area contributed by atoms with Crippen molar-refractivity contribution in [2.75, 3.05) is 0 Å². The number of alkyl halides is 2. The van der Waals surface area contributed by atoms with Gasteiger partial charge in [0.2, 0.25) is 0 Å². The molecule has 0 aliphatic rings. The molecule has 0 fully saturated rings. The van der Waals surface area contributed by atoms with E-state index >= 15 is 0 Å². The lowest BCUT2D eigenvalue weighted by Gasteiger charge is -2.05. The Hall–Kier alpha value is -2.44. The fraction of sp³-hybridized carbons (Fsp3) is 0.0909. The molecule has 2 rings (SSSR count). The van der Waals surface area contributed by atoms with Gasteiger partial charge in [-0.25, -0.2) is 23.5 Å². The van der Waals surface area contributed by atoms with Gasteiger partial charge >= 0.3 is 5.97 Å². The topological polar surface area (TPSA) is 76.0 Å². The van der Waals surface area contributed by atoms with Crippen molar-refractivity contribution in [2.24, 2.45) is 0 Å². The van der Waals surface area contributed by atoms with Gasteiger partial charge in [0.05, 0.1) is 0 Å². The van der Waals surface area contributed by atoms with Crippen LogP contribution in [0.3, 0.4) is 0 Å². The Morgan fingerprint density at radius 3 is 2.61 bits per heavy atom. The number of aromatic carboxylic acids is 1. The summed E-state index contributed by atoms with van der Waals surface area (Å²) in [6, 6.07) is 4.85.